The molecule has 5 rings (SSSR count). The van der Waals surface area contributed by atoms with E-state index in [1.54, 1.807) is 4.90 Å². The van der Waals surface area contributed by atoms with E-state index in [1.165, 1.54) is 35.3 Å². The van der Waals surface area contributed by atoms with Crippen LogP contribution in [0, 0.1) is 5.82 Å². The summed E-state index contributed by atoms with van der Waals surface area (Å²) in [6.07, 6.45) is -3.26. The van der Waals surface area contributed by atoms with Gasteiger partial charge in [-0.3, -0.25) is 15.0 Å². The number of anilines is 2. The van der Waals surface area contributed by atoms with Crippen LogP contribution in [0.1, 0.15) is 22.1 Å². The molecule has 1 unspecified atom stereocenters. The topological polar surface area (TPSA) is 178 Å². The average Bonchev–Trinajstić information content (AvgIpc) is 3.37. The van der Waals surface area contributed by atoms with Crippen LogP contribution in [0.4, 0.5) is 33.9 Å². The van der Waals surface area contributed by atoms with E-state index in [2.05, 4.69) is 20.4 Å². The van der Waals surface area contributed by atoms with Gasteiger partial charge >= 0.3 is 18.2 Å². The minimum atomic E-state index is -4.74. The lowest BCUT2D eigenvalue weighted by atomic mass is 10.1. The number of ether oxygens (including phenoxy) is 1. The lowest BCUT2D eigenvalue weighted by molar-refractivity contribution is -0.137. The number of hydrogen-bond acceptors (Lipinski definition) is 8. The molecule has 224 valence electrons. The second kappa shape index (κ2) is 11.6. The molecule has 0 radical (unpaired) electrons. The molecule has 4 aromatic rings. The van der Waals surface area contributed by atoms with Crippen molar-refractivity contribution in [1.82, 2.24) is 24.6 Å². The van der Waals surface area contributed by atoms with Crippen molar-refractivity contribution in [3.63, 3.8) is 0 Å². The number of amides is 3. The average molecular weight is 603 g/mol. The molecule has 13 nitrogen and oxygen atoms in total. The molecular formula is C26H22F4N8O5. The number of aromatic carboxylic acids is 1. The summed E-state index contributed by atoms with van der Waals surface area (Å²) < 4.78 is 59.4. The third kappa shape index (κ3) is 6.21. The van der Waals surface area contributed by atoms with Crippen LogP contribution in [0.2, 0.25) is 0 Å². The van der Waals surface area contributed by atoms with Crippen molar-refractivity contribution < 1.29 is 41.8 Å². The summed E-state index contributed by atoms with van der Waals surface area (Å²) in [5, 5.41) is 18.5. The molecule has 3 amide bonds. The van der Waals surface area contributed by atoms with Crippen LogP contribution in [0.3, 0.4) is 0 Å². The van der Waals surface area contributed by atoms with E-state index >= 15 is 0 Å². The fraction of sp³-hybridized carbons (Fsp3) is 0.231. The zero-order valence-corrected chi connectivity index (χ0v) is 21.9. The first-order valence-electron chi connectivity index (χ1n) is 12.6. The van der Waals surface area contributed by atoms with Crippen LogP contribution < -0.4 is 16.4 Å². The fourth-order valence-electron chi connectivity index (χ4n) is 4.49. The van der Waals surface area contributed by atoms with E-state index in [-0.39, 0.29) is 28.1 Å². The molecule has 3 aromatic heterocycles. The SMILES string of the molecule is NC(=O)C(N1CCOCC1)n1ncc2c(C(=O)O)cc(-c3ccc(NC(=O)Nc4cc(C(F)(F)F)ccc4F)nc3)nc21. The Hall–Kier alpha value is -5.16. The van der Waals surface area contributed by atoms with Crippen LogP contribution in [-0.4, -0.2) is 74.0 Å². The Morgan fingerprint density at radius 3 is 2.42 bits per heavy atom. The van der Waals surface area contributed by atoms with Gasteiger partial charge in [0.15, 0.2) is 11.8 Å². The number of morpholine rings is 1. The van der Waals surface area contributed by atoms with E-state index in [4.69, 9.17) is 10.5 Å². The summed E-state index contributed by atoms with van der Waals surface area (Å²) in [7, 11) is 0. The second-order valence-electron chi connectivity index (χ2n) is 9.31. The Morgan fingerprint density at radius 2 is 1.79 bits per heavy atom. The minimum absolute atomic E-state index is 0.0562. The molecular weight excluding hydrogens is 580 g/mol. The molecule has 1 aliphatic rings. The Balaban J connectivity index is 1.41. The largest absolute Gasteiger partial charge is 0.478 e. The van der Waals surface area contributed by atoms with Crippen molar-refractivity contribution in [1.29, 1.82) is 0 Å². The summed E-state index contributed by atoms with van der Waals surface area (Å²) in [5.41, 5.74) is 4.24. The molecule has 0 aliphatic carbocycles. The van der Waals surface area contributed by atoms with Crippen molar-refractivity contribution >= 4 is 40.4 Å². The van der Waals surface area contributed by atoms with Gasteiger partial charge in [0.1, 0.15) is 11.6 Å². The third-order valence-corrected chi connectivity index (χ3v) is 6.52. The molecule has 1 fully saturated rings. The molecule has 17 heteroatoms. The number of pyridine rings is 2. The van der Waals surface area contributed by atoms with E-state index in [1.807, 2.05) is 5.32 Å². The van der Waals surface area contributed by atoms with Crippen molar-refractivity contribution in [2.24, 2.45) is 5.73 Å². The smallest absolute Gasteiger partial charge is 0.416 e. The molecule has 0 saturated carbocycles. The number of aromatic nitrogens is 4. The van der Waals surface area contributed by atoms with E-state index < -0.39 is 47.3 Å². The number of nitrogens with one attached hydrogen (secondary N) is 2. The normalized spacial score (nSPS) is 14.8. The van der Waals surface area contributed by atoms with Crippen LogP contribution in [0.5, 0.6) is 0 Å². The summed E-state index contributed by atoms with van der Waals surface area (Å²) >= 11 is 0. The maximum atomic E-state index is 14.0. The van der Waals surface area contributed by atoms with Gasteiger partial charge in [-0.25, -0.2) is 28.6 Å². The highest BCUT2D eigenvalue weighted by Crippen LogP contribution is 2.32. The molecule has 5 N–H and O–H groups in total. The van der Waals surface area contributed by atoms with E-state index in [0.29, 0.717) is 50.1 Å². The second-order valence-corrected chi connectivity index (χ2v) is 9.31. The third-order valence-electron chi connectivity index (χ3n) is 6.52. The van der Waals surface area contributed by atoms with Crippen LogP contribution in [0.15, 0.2) is 48.8 Å². The maximum absolute atomic E-state index is 14.0. The Morgan fingerprint density at radius 1 is 1.05 bits per heavy atom. The number of benzene rings is 1. The first-order valence-corrected chi connectivity index (χ1v) is 12.6. The van der Waals surface area contributed by atoms with Gasteiger partial charge in [0.25, 0.3) is 5.91 Å². The predicted molar refractivity (Wildman–Crippen MR) is 142 cm³/mol. The number of hydrogen-bond donors (Lipinski definition) is 4. The van der Waals surface area contributed by atoms with Crippen LogP contribution >= 0.6 is 0 Å². The number of primary amides is 1. The molecule has 1 atom stereocenters. The number of carbonyl (C=O) groups excluding carboxylic acids is 2. The van der Waals surface area contributed by atoms with E-state index in [0.717, 1.165) is 0 Å². The number of fused-ring (bicyclic) bond motifs is 1. The number of carboxylic acids is 1. The molecule has 1 saturated heterocycles. The monoisotopic (exact) mass is 602 g/mol. The van der Waals surface area contributed by atoms with Gasteiger partial charge in [-0.15, -0.1) is 0 Å². The van der Waals surface area contributed by atoms with Crippen molar-refractivity contribution in [2.45, 2.75) is 12.3 Å². The Bertz CT molecular complexity index is 1700. The van der Waals surface area contributed by atoms with Crippen molar-refractivity contribution in [2.75, 3.05) is 36.9 Å². The molecule has 1 aromatic carbocycles. The lowest BCUT2D eigenvalue weighted by Crippen LogP contribution is -2.47. The highest BCUT2D eigenvalue weighted by atomic mass is 19.4. The zero-order valence-electron chi connectivity index (χ0n) is 21.9. The Kier molecular flexibility index (Phi) is 7.92. The van der Waals surface area contributed by atoms with Crippen LogP contribution in [-0.2, 0) is 15.7 Å². The number of rotatable bonds is 7. The summed E-state index contributed by atoms with van der Waals surface area (Å²) in [5.74, 6) is -3.13. The van der Waals surface area contributed by atoms with Crippen molar-refractivity contribution in [3.05, 3.63) is 65.7 Å². The van der Waals surface area contributed by atoms with Gasteiger partial charge in [0, 0.05) is 24.8 Å². The zero-order chi connectivity index (χ0) is 30.9. The number of urea groups is 1. The first-order chi connectivity index (χ1) is 20.4. The lowest BCUT2D eigenvalue weighted by Gasteiger charge is -2.32. The fourth-order valence-corrected chi connectivity index (χ4v) is 4.49. The quantitative estimate of drug-likeness (QED) is 0.231. The minimum Gasteiger partial charge on any atom is -0.478 e. The van der Waals surface area contributed by atoms with Gasteiger partial charge in [-0.05, 0) is 36.4 Å². The number of nitrogens with two attached hydrogens (primary N) is 1. The molecule has 43 heavy (non-hydrogen) atoms. The number of nitrogens with zero attached hydrogens (tertiary/aromatic N) is 5. The predicted octanol–water partition coefficient (Wildman–Crippen LogP) is 3.31. The van der Waals surface area contributed by atoms with Crippen molar-refractivity contribution in [3.8, 4) is 11.3 Å². The van der Waals surface area contributed by atoms with Gasteiger partial charge in [-0.2, -0.15) is 18.3 Å². The number of alkyl halides is 3. The summed E-state index contributed by atoms with van der Waals surface area (Å²) in [6.45, 7) is 1.49. The first kappa shape index (κ1) is 29.3. The molecule has 4 heterocycles. The highest BCUT2D eigenvalue weighted by Gasteiger charge is 2.32. The van der Waals surface area contributed by atoms with E-state index in [9.17, 15) is 37.1 Å². The molecule has 0 bridgehead atoms. The molecule has 1 aliphatic heterocycles. The number of carbonyl (C=O) groups is 3. The maximum Gasteiger partial charge on any atom is 0.416 e. The Labute approximate surface area is 239 Å². The standard InChI is InChI=1S/C26H22F4N8O5/c27-17-3-2-14(26(28,29)30)9-19(17)35-25(42)36-20-4-1-13(11-32-20)18-10-15(24(40)41)16-12-33-38(22(16)34-18)23(21(31)39)37-5-7-43-8-6-37/h1-4,9-12,23H,5-8H2,(H2,31,39)(H,40,41)(H2,32,35,36,42). The highest BCUT2D eigenvalue weighted by molar-refractivity contribution is 6.03. The molecule has 0 spiro atoms. The summed E-state index contributed by atoms with van der Waals surface area (Å²) in [6, 6.07) is 4.58. The summed E-state index contributed by atoms with van der Waals surface area (Å²) in [4.78, 5) is 47.2. The van der Waals surface area contributed by atoms with Gasteiger partial charge in [0.2, 0.25) is 0 Å². The van der Waals surface area contributed by atoms with Crippen LogP contribution in [0.25, 0.3) is 22.3 Å². The van der Waals surface area contributed by atoms with Gasteiger partial charge in [0.05, 0.1) is 47.3 Å². The number of halogens is 4. The van der Waals surface area contributed by atoms with Gasteiger partial charge < -0.3 is 20.9 Å². The number of carboxylic acid groups (broad SMARTS) is 1. The van der Waals surface area contributed by atoms with Gasteiger partial charge in [-0.1, -0.05) is 0 Å².